The van der Waals surface area contributed by atoms with Crippen LogP contribution in [-0.4, -0.2) is 46.9 Å². The molecule has 148 valence electrons. The molecule has 0 amide bonds. The van der Waals surface area contributed by atoms with Crippen molar-refractivity contribution in [3.8, 4) is 11.9 Å². The predicted molar refractivity (Wildman–Crippen MR) is 106 cm³/mol. The van der Waals surface area contributed by atoms with Crippen LogP contribution in [0, 0.1) is 18.3 Å². The maximum Gasteiger partial charge on any atom is 0.251 e. The normalized spacial score (nSPS) is 17.7. The maximum absolute atomic E-state index is 13.4. The molecule has 29 heavy (non-hydrogen) atoms. The molecule has 3 heterocycles. The highest BCUT2D eigenvalue weighted by molar-refractivity contribution is 7.89. The third-order valence-electron chi connectivity index (χ3n) is 4.83. The van der Waals surface area contributed by atoms with E-state index in [4.69, 9.17) is 10.00 Å². The van der Waals surface area contributed by atoms with Crippen molar-refractivity contribution in [2.24, 2.45) is 0 Å². The lowest BCUT2D eigenvalue weighted by molar-refractivity contribution is 0.124. The molecular weight excluding hydrogens is 390 g/mol. The number of para-hydroxylation sites is 1. The van der Waals surface area contributed by atoms with Crippen LogP contribution in [0.3, 0.4) is 0 Å². The molecule has 1 aliphatic rings. The van der Waals surface area contributed by atoms with E-state index in [0.29, 0.717) is 24.9 Å². The minimum absolute atomic E-state index is 0.0845. The Bertz CT molecular complexity index is 1210. The number of pyridine rings is 1. The van der Waals surface area contributed by atoms with E-state index < -0.39 is 16.1 Å². The number of hydrogen-bond donors (Lipinski definition) is 0. The van der Waals surface area contributed by atoms with Gasteiger partial charge < -0.3 is 4.74 Å². The fraction of sp³-hybridized carbons (Fsp3) is 0.300. The van der Waals surface area contributed by atoms with Crippen LogP contribution >= 0.6 is 0 Å². The van der Waals surface area contributed by atoms with Gasteiger partial charge in [-0.3, -0.25) is 4.98 Å². The van der Waals surface area contributed by atoms with Crippen LogP contribution in [0.2, 0.25) is 0 Å². The van der Waals surface area contributed by atoms with Crippen LogP contribution in [-0.2, 0) is 10.0 Å². The summed E-state index contributed by atoms with van der Waals surface area (Å²) in [6.45, 7) is 2.41. The van der Waals surface area contributed by atoms with Gasteiger partial charge in [0.15, 0.2) is 0 Å². The lowest BCUT2D eigenvalue weighted by Gasteiger charge is -2.32. The Balaban J connectivity index is 1.63. The van der Waals surface area contributed by atoms with E-state index in [2.05, 4.69) is 15.0 Å². The number of hydrogen-bond acceptors (Lipinski definition) is 7. The first-order valence-electron chi connectivity index (χ1n) is 9.23. The van der Waals surface area contributed by atoms with E-state index in [9.17, 15) is 8.42 Å². The van der Waals surface area contributed by atoms with Gasteiger partial charge in [0, 0.05) is 30.0 Å². The van der Waals surface area contributed by atoms with Crippen molar-refractivity contribution in [1.82, 2.24) is 19.3 Å². The molecule has 4 rings (SSSR count). The molecule has 0 aliphatic carbocycles. The highest BCUT2D eigenvalue weighted by Gasteiger charge is 2.33. The van der Waals surface area contributed by atoms with Crippen LogP contribution in [0.25, 0.3) is 10.9 Å². The van der Waals surface area contributed by atoms with E-state index >= 15 is 0 Å². The summed E-state index contributed by atoms with van der Waals surface area (Å²) in [4.78, 5) is 12.6. The molecule has 1 atom stereocenters. The number of nitriles is 1. The van der Waals surface area contributed by atoms with Crippen molar-refractivity contribution in [3.05, 3.63) is 54.1 Å². The number of sulfonamides is 1. The van der Waals surface area contributed by atoms with Crippen LogP contribution in [0.15, 0.2) is 47.6 Å². The second-order valence-electron chi connectivity index (χ2n) is 6.85. The molecule has 0 saturated carbocycles. The largest absolute Gasteiger partial charge is 0.471 e. The zero-order valence-electron chi connectivity index (χ0n) is 15.8. The smallest absolute Gasteiger partial charge is 0.251 e. The lowest BCUT2D eigenvalue weighted by Crippen LogP contribution is -2.44. The number of ether oxygens (including phenoxy) is 1. The Labute approximate surface area is 168 Å². The fourth-order valence-corrected chi connectivity index (χ4v) is 5.10. The Hall–Kier alpha value is -3.09. The average Bonchev–Trinajstić information content (AvgIpc) is 2.74. The third kappa shape index (κ3) is 3.77. The van der Waals surface area contributed by atoms with Crippen LogP contribution in [0.5, 0.6) is 5.88 Å². The van der Waals surface area contributed by atoms with Crippen molar-refractivity contribution in [3.63, 3.8) is 0 Å². The minimum Gasteiger partial charge on any atom is -0.471 e. The molecule has 0 N–H and O–H groups in total. The first kappa shape index (κ1) is 19.2. The first-order valence-corrected chi connectivity index (χ1v) is 10.7. The Morgan fingerprint density at radius 2 is 2.03 bits per heavy atom. The molecule has 1 aromatic carbocycles. The maximum atomic E-state index is 13.4. The zero-order valence-corrected chi connectivity index (χ0v) is 16.6. The summed E-state index contributed by atoms with van der Waals surface area (Å²) in [5.74, 6) is 0.127. The van der Waals surface area contributed by atoms with E-state index in [0.717, 1.165) is 11.1 Å². The molecule has 3 aromatic rings. The highest BCUT2D eigenvalue weighted by atomic mass is 32.2. The SMILES string of the molecule is Cc1ccc2cccc(S(=O)(=O)N3CCCC(Oc4nccnc4C#N)C3)c2n1. The topological polar surface area (TPSA) is 109 Å². The van der Waals surface area contributed by atoms with Gasteiger partial charge >= 0.3 is 0 Å². The van der Waals surface area contributed by atoms with Gasteiger partial charge in [-0.2, -0.15) is 9.57 Å². The van der Waals surface area contributed by atoms with Gasteiger partial charge in [0.05, 0.1) is 12.1 Å². The Morgan fingerprint density at radius 1 is 1.21 bits per heavy atom. The van der Waals surface area contributed by atoms with Crippen molar-refractivity contribution in [2.45, 2.75) is 30.8 Å². The van der Waals surface area contributed by atoms with Gasteiger partial charge in [0.2, 0.25) is 15.7 Å². The monoisotopic (exact) mass is 409 g/mol. The number of rotatable bonds is 4. The molecule has 1 fully saturated rings. The molecule has 2 aromatic heterocycles. The van der Waals surface area contributed by atoms with Crippen molar-refractivity contribution >= 4 is 20.9 Å². The van der Waals surface area contributed by atoms with Crippen molar-refractivity contribution in [2.75, 3.05) is 13.1 Å². The van der Waals surface area contributed by atoms with E-state index in [1.165, 1.54) is 16.7 Å². The molecule has 1 aliphatic heterocycles. The third-order valence-corrected chi connectivity index (χ3v) is 6.73. The van der Waals surface area contributed by atoms with Crippen LogP contribution in [0.1, 0.15) is 24.2 Å². The van der Waals surface area contributed by atoms with Gasteiger partial charge in [-0.1, -0.05) is 18.2 Å². The summed E-state index contributed by atoms with van der Waals surface area (Å²) < 4.78 is 34.0. The molecule has 1 unspecified atom stereocenters. The molecule has 1 saturated heterocycles. The summed E-state index contributed by atoms with van der Waals surface area (Å²) in [6.07, 6.45) is 3.76. The molecule has 0 radical (unpaired) electrons. The number of aryl methyl sites for hydroxylation is 1. The standard InChI is InChI=1S/C20H19N5O3S/c1-14-7-8-15-4-2-6-18(19(15)24-14)29(26,27)25-11-3-5-16(13-25)28-20-17(12-21)22-9-10-23-20/h2,4,6-10,16H,3,5,11,13H2,1H3. The lowest BCUT2D eigenvalue weighted by atomic mass is 10.1. The summed E-state index contributed by atoms with van der Waals surface area (Å²) >= 11 is 0. The van der Waals surface area contributed by atoms with E-state index in [1.807, 2.05) is 31.2 Å². The summed E-state index contributed by atoms with van der Waals surface area (Å²) in [5, 5.41) is 9.93. The fourth-order valence-electron chi connectivity index (χ4n) is 3.43. The molecular formula is C20H19N5O3S. The second-order valence-corrected chi connectivity index (χ2v) is 8.75. The average molecular weight is 409 g/mol. The molecule has 8 nitrogen and oxygen atoms in total. The van der Waals surface area contributed by atoms with Gasteiger partial charge in [-0.25, -0.2) is 18.4 Å². The van der Waals surface area contributed by atoms with Gasteiger partial charge in [-0.15, -0.1) is 0 Å². The second kappa shape index (κ2) is 7.73. The molecule has 9 heteroatoms. The predicted octanol–water partition coefficient (Wildman–Crippen LogP) is 2.44. The Kier molecular flexibility index (Phi) is 5.13. The summed E-state index contributed by atoms with van der Waals surface area (Å²) in [6, 6.07) is 10.8. The summed E-state index contributed by atoms with van der Waals surface area (Å²) in [7, 11) is -3.76. The number of nitrogens with zero attached hydrogens (tertiary/aromatic N) is 5. The molecule has 0 spiro atoms. The number of benzene rings is 1. The van der Waals surface area contributed by atoms with Gasteiger partial charge in [0.25, 0.3) is 5.88 Å². The van der Waals surface area contributed by atoms with Gasteiger partial charge in [-0.05, 0) is 31.9 Å². The van der Waals surface area contributed by atoms with Crippen molar-refractivity contribution in [1.29, 1.82) is 5.26 Å². The van der Waals surface area contributed by atoms with E-state index in [-0.39, 0.29) is 23.0 Å². The van der Waals surface area contributed by atoms with E-state index in [1.54, 1.807) is 12.1 Å². The summed E-state index contributed by atoms with van der Waals surface area (Å²) in [5.41, 5.74) is 1.31. The minimum atomic E-state index is -3.76. The molecule has 0 bridgehead atoms. The van der Waals surface area contributed by atoms with Crippen molar-refractivity contribution < 1.29 is 13.2 Å². The van der Waals surface area contributed by atoms with Crippen LogP contribution < -0.4 is 4.74 Å². The van der Waals surface area contributed by atoms with Crippen LogP contribution in [0.4, 0.5) is 0 Å². The quantitative estimate of drug-likeness (QED) is 0.651. The highest BCUT2D eigenvalue weighted by Crippen LogP contribution is 2.28. The number of piperidine rings is 1. The first-order chi connectivity index (χ1) is 14.0. The zero-order chi connectivity index (χ0) is 20.4. The number of aromatic nitrogens is 3. The van der Waals surface area contributed by atoms with Gasteiger partial charge in [0.1, 0.15) is 17.1 Å². The number of fused-ring (bicyclic) bond motifs is 1. The Morgan fingerprint density at radius 3 is 2.86 bits per heavy atom.